The lowest BCUT2D eigenvalue weighted by molar-refractivity contribution is 0.0705. The van der Waals surface area contributed by atoms with Crippen LogP contribution in [-0.2, 0) is 0 Å². The first-order valence-electron chi connectivity index (χ1n) is 8.66. The predicted octanol–water partition coefficient (Wildman–Crippen LogP) is 1.27. The normalized spacial score (nSPS) is 18.8. The summed E-state index contributed by atoms with van der Waals surface area (Å²) in [5.74, 6) is 0.990. The van der Waals surface area contributed by atoms with Gasteiger partial charge in [-0.15, -0.1) is 5.10 Å². The van der Waals surface area contributed by atoms with Crippen molar-refractivity contribution >= 4 is 5.91 Å². The highest BCUT2D eigenvalue weighted by Gasteiger charge is 2.26. The van der Waals surface area contributed by atoms with E-state index in [0.717, 1.165) is 44.1 Å². The molecule has 1 amide bonds. The highest BCUT2D eigenvalue weighted by molar-refractivity contribution is 5.94. The summed E-state index contributed by atoms with van der Waals surface area (Å²) in [7, 11) is 0. The second-order valence-corrected chi connectivity index (χ2v) is 6.72. The van der Waals surface area contributed by atoms with Crippen LogP contribution in [-0.4, -0.2) is 56.7 Å². The van der Waals surface area contributed by atoms with Crippen LogP contribution in [0.1, 0.15) is 36.0 Å². The van der Waals surface area contributed by atoms with E-state index in [4.69, 9.17) is 0 Å². The molecule has 24 heavy (non-hydrogen) atoms. The van der Waals surface area contributed by atoms with E-state index in [1.165, 1.54) is 19.2 Å². The van der Waals surface area contributed by atoms with Crippen molar-refractivity contribution in [1.82, 2.24) is 30.4 Å². The van der Waals surface area contributed by atoms with Crippen LogP contribution < -0.4 is 5.32 Å². The molecule has 0 unspecified atom stereocenters. The van der Waals surface area contributed by atoms with Crippen molar-refractivity contribution in [3.63, 3.8) is 0 Å². The van der Waals surface area contributed by atoms with E-state index in [2.05, 4.69) is 20.8 Å². The number of rotatable bonds is 5. The van der Waals surface area contributed by atoms with E-state index in [1.54, 1.807) is 4.68 Å². The summed E-state index contributed by atoms with van der Waals surface area (Å²) in [6.45, 7) is 2.78. The fourth-order valence-corrected chi connectivity index (χ4v) is 3.19. The van der Waals surface area contributed by atoms with Gasteiger partial charge in [0.1, 0.15) is 6.33 Å². The molecular weight excluding hydrogens is 304 g/mol. The second kappa shape index (κ2) is 6.68. The number of amides is 1. The van der Waals surface area contributed by atoms with E-state index in [-0.39, 0.29) is 5.91 Å². The minimum Gasteiger partial charge on any atom is -0.339 e. The number of piperidine rings is 1. The SMILES string of the molecule is O=C(c1cccc(-n2cnnn2)c1)N1CCC(NCC2CC2)CC1. The lowest BCUT2D eigenvalue weighted by Gasteiger charge is -2.32. The lowest BCUT2D eigenvalue weighted by atomic mass is 10.0. The molecular formula is C17H22N6O. The minimum atomic E-state index is 0.0885. The Morgan fingerprint density at radius 2 is 2.04 bits per heavy atom. The van der Waals surface area contributed by atoms with Gasteiger partial charge in [0.05, 0.1) is 5.69 Å². The second-order valence-electron chi connectivity index (χ2n) is 6.72. The zero-order valence-corrected chi connectivity index (χ0v) is 13.6. The molecule has 0 spiro atoms. The molecule has 1 saturated heterocycles. The van der Waals surface area contributed by atoms with Gasteiger partial charge in [-0.25, -0.2) is 4.68 Å². The van der Waals surface area contributed by atoms with Gasteiger partial charge in [-0.1, -0.05) is 6.07 Å². The Kier molecular flexibility index (Phi) is 4.25. The van der Waals surface area contributed by atoms with Crippen molar-refractivity contribution in [3.05, 3.63) is 36.2 Å². The molecule has 1 saturated carbocycles. The van der Waals surface area contributed by atoms with Crippen molar-refractivity contribution in [3.8, 4) is 5.69 Å². The molecule has 2 heterocycles. The average Bonchev–Trinajstić information content (AvgIpc) is 3.30. The van der Waals surface area contributed by atoms with Crippen LogP contribution in [0.25, 0.3) is 5.69 Å². The van der Waals surface area contributed by atoms with Gasteiger partial charge in [0.15, 0.2) is 0 Å². The van der Waals surface area contributed by atoms with Crippen LogP contribution in [0.15, 0.2) is 30.6 Å². The summed E-state index contributed by atoms with van der Waals surface area (Å²) in [5.41, 5.74) is 1.49. The topological polar surface area (TPSA) is 75.9 Å². The number of tetrazole rings is 1. The lowest BCUT2D eigenvalue weighted by Crippen LogP contribution is -2.45. The van der Waals surface area contributed by atoms with Crippen LogP contribution in [0, 0.1) is 5.92 Å². The Labute approximate surface area is 141 Å². The van der Waals surface area contributed by atoms with Gasteiger partial charge < -0.3 is 10.2 Å². The first-order valence-corrected chi connectivity index (χ1v) is 8.66. The molecule has 0 radical (unpaired) electrons. The summed E-state index contributed by atoms with van der Waals surface area (Å²) in [6.07, 6.45) is 6.35. The number of hydrogen-bond acceptors (Lipinski definition) is 5. The molecule has 2 aliphatic rings. The van der Waals surface area contributed by atoms with Crippen LogP contribution in [0.5, 0.6) is 0 Å². The monoisotopic (exact) mass is 326 g/mol. The number of nitrogens with zero attached hydrogens (tertiary/aromatic N) is 5. The maximum Gasteiger partial charge on any atom is 0.253 e. The molecule has 1 aromatic heterocycles. The number of nitrogens with one attached hydrogen (secondary N) is 1. The summed E-state index contributed by atoms with van der Waals surface area (Å²) in [5, 5.41) is 14.8. The van der Waals surface area contributed by atoms with E-state index in [0.29, 0.717) is 11.6 Å². The van der Waals surface area contributed by atoms with E-state index in [1.807, 2.05) is 29.2 Å². The highest BCUT2D eigenvalue weighted by atomic mass is 16.2. The van der Waals surface area contributed by atoms with Crippen LogP contribution in [0.2, 0.25) is 0 Å². The fourth-order valence-electron chi connectivity index (χ4n) is 3.19. The quantitative estimate of drug-likeness (QED) is 0.895. The zero-order valence-electron chi connectivity index (χ0n) is 13.6. The Morgan fingerprint density at radius 3 is 2.75 bits per heavy atom. The van der Waals surface area contributed by atoms with Gasteiger partial charge in [-0.3, -0.25) is 4.79 Å². The van der Waals surface area contributed by atoms with Gasteiger partial charge in [0.2, 0.25) is 0 Å². The Balaban J connectivity index is 1.36. The Bertz CT molecular complexity index is 689. The molecule has 0 bridgehead atoms. The molecule has 2 fully saturated rings. The largest absolute Gasteiger partial charge is 0.339 e. The number of carbonyl (C=O) groups is 1. The maximum atomic E-state index is 12.7. The third-order valence-corrected chi connectivity index (χ3v) is 4.88. The van der Waals surface area contributed by atoms with E-state index < -0.39 is 0 Å². The fraction of sp³-hybridized carbons (Fsp3) is 0.529. The van der Waals surface area contributed by atoms with Crippen LogP contribution >= 0.6 is 0 Å². The Hall–Kier alpha value is -2.28. The summed E-state index contributed by atoms with van der Waals surface area (Å²) >= 11 is 0. The molecule has 1 aliphatic carbocycles. The molecule has 7 nitrogen and oxygen atoms in total. The maximum absolute atomic E-state index is 12.7. The molecule has 1 aliphatic heterocycles. The third-order valence-electron chi connectivity index (χ3n) is 4.88. The molecule has 1 aromatic carbocycles. The number of carbonyl (C=O) groups excluding carboxylic acids is 1. The standard InChI is InChI=1S/C17H22N6O/c24-17(14-2-1-3-16(10-14)23-12-19-20-21-23)22-8-6-15(7-9-22)18-11-13-4-5-13/h1-3,10,12-13,15,18H,4-9,11H2. The predicted molar refractivity (Wildman–Crippen MR) is 88.8 cm³/mol. The summed E-state index contributed by atoms with van der Waals surface area (Å²) < 4.78 is 1.56. The average molecular weight is 326 g/mol. The smallest absolute Gasteiger partial charge is 0.253 e. The number of likely N-dealkylation sites (tertiary alicyclic amines) is 1. The summed E-state index contributed by atoms with van der Waals surface area (Å²) in [4.78, 5) is 14.7. The molecule has 7 heteroatoms. The number of benzene rings is 1. The van der Waals surface area contributed by atoms with Gasteiger partial charge >= 0.3 is 0 Å². The minimum absolute atomic E-state index is 0.0885. The van der Waals surface area contributed by atoms with Crippen LogP contribution in [0.3, 0.4) is 0 Å². The number of aromatic nitrogens is 4. The molecule has 0 atom stereocenters. The first-order chi connectivity index (χ1) is 11.8. The molecule has 4 rings (SSSR count). The van der Waals surface area contributed by atoms with Crippen LogP contribution in [0.4, 0.5) is 0 Å². The van der Waals surface area contributed by atoms with Crippen molar-refractivity contribution in [2.75, 3.05) is 19.6 Å². The van der Waals surface area contributed by atoms with Crippen molar-refractivity contribution in [2.24, 2.45) is 5.92 Å². The molecule has 126 valence electrons. The zero-order chi connectivity index (χ0) is 16.4. The van der Waals surface area contributed by atoms with E-state index in [9.17, 15) is 4.79 Å². The number of hydrogen-bond donors (Lipinski definition) is 1. The first kappa shape index (κ1) is 15.3. The summed E-state index contributed by atoms with van der Waals surface area (Å²) in [6, 6.07) is 8.02. The van der Waals surface area contributed by atoms with Gasteiger partial charge in [-0.2, -0.15) is 0 Å². The van der Waals surface area contributed by atoms with Gasteiger partial charge in [0.25, 0.3) is 5.91 Å². The Morgan fingerprint density at radius 1 is 1.21 bits per heavy atom. The highest BCUT2D eigenvalue weighted by Crippen LogP contribution is 2.28. The molecule has 2 aromatic rings. The van der Waals surface area contributed by atoms with Crippen molar-refractivity contribution in [1.29, 1.82) is 0 Å². The molecule has 1 N–H and O–H groups in total. The van der Waals surface area contributed by atoms with Gasteiger partial charge in [-0.05, 0) is 66.8 Å². The van der Waals surface area contributed by atoms with Gasteiger partial charge in [0, 0.05) is 24.7 Å². The van der Waals surface area contributed by atoms with Crippen molar-refractivity contribution < 1.29 is 4.79 Å². The van der Waals surface area contributed by atoms with E-state index >= 15 is 0 Å². The third kappa shape index (κ3) is 3.46. The van der Waals surface area contributed by atoms with Crippen molar-refractivity contribution in [2.45, 2.75) is 31.7 Å².